The first-order valence-corrected chi connectivity index (χ1v) is 11.4. The molecular weight excluding hydrogens is 412 g/mol. The fourth-order valence-corrected chi connectivity index (χ4v) is 4.76. The molecule has 2 heterocycles. The maximum absolute atomic E-state index is 12.2. The Morgan fingerprint density at radius 3 is 2.52 bits per heavy atom. The van der Waals surface area contributed by atoms with Gasteiger partial charge < -0.3 is 20.6 Å². The molecule has 2 aliphatic rings. The predicted octanol–water partition coefficient (Wildman–Crippen LogP) is 2.50. The van der Waals surface area contributed by atoms with Gasteiger partial charge in [0.2, 0.25) is 0 Å². The van der Waals surface area contributed by atoms with Crippen molar-refractivity contribution in [3.05, 3.63) is 64.7 Å². The Bertz CT molecular complexity index is 883. The lowest BCUT2D eigenvalue weighted by molar-refractivity contribution is 0.0963. The number of nitrogens with zero attached hydrogens (tertiary/aromatic N) is 2. The summed E-state index contributed by atoms with van der Waals surface area (Å²) in [6, 6.07) is 16.1. The van der Waals surface area contributed by atoms with E-state index in [1.54, 1.807) is 7.05 Å². The minimum absolute atomic E-state index is 0.00515. The summed E-state index contributed by atoms with van der Waals surface area (Å²) in [5, 5.41) is 17.8. The number of aliphatic hydroxyl groups is 1. The third kappa shape index (κ3) is 5.39. The lowest BCUT2D eigenvalue weighted by Gasteiger charge is -2.34. The number of nitrogens with one attached hydrogen (secondary N) is 2. The summed E-state index contributed by atoms with van der Waals surface area (Å²) in [5.74, 6) is -0.102. The predicted molar refractivity (Wildman–Crippen MR) is 125 cm³/mol. The van der Waals surface area contributed by atoms with E-state index in [1.807, 2.05) is 36.4 Å². The summed E-state index contributed by atoms with van der Waals surface area (Å²) in [6.07, 6.45) is 1.67. The molecule has 7 heteroatoms. The minimum atomic E-state index is -0.454. The number of aliphatic hydroxyl groups excluding tert-OH is 1. The van der Waals surface area contributed by atoms with Gasteiger partial charge in [0.25, 0.3) is 5.91 Å². The summed E-state index contributed by atoms with van der Waals surface area (Å²) in [5.41, 5.74) is 2.81. The molecule has 2 aliphatic heterocycles. The van der Waals surface area contributed by atoms with Crippen molar-refractivity contribution in [1.82, 2.24) is 15.5 Å². The number of piperidine rings is 1. The van der Waals surface area contributed by atoms with Crippen molar-refractivity contribution in [1.29, 1.82) is 0 Å². The van der Waals surface area contributed by atoms with Gasteiger partial charge in [-0.25, -0.2) is 0 Å². The first-order valence-electron chi connectivity index (χ1n) is 11.0. The van der Waals surface area contributed by atoms with Crippen molar-refractivity contribution in [2.75, 3.05) is 38.1 Å². The second-order valence-corrected chi connectivity index (χ2v) is 8.96. The van der Waals surface area contributed by atoms with E-state index in [9.17, 15) is 9.90 Å². The molecule has 3 N–H and O–H groups in total. The van der Waals surface area contributed by atoms with Crippen LogP contribution in [0.1, 0.15) is 28.8 Å². The molecule has 0 aromatic heterocycles. The van der Waals surface area contributed by atoms with Crippen molar-refractivity contribution in [2.24, 2.45) is 0 Å². The van der Waals surface area contributed by atoms with Crippen LogP contribution in [0.2, 0.25) is 5.02 Å². The van der Waals surface area contributed by atoms with Gasteiger partial charge in [-0.2, -0.15) is 0 Å². The number of anilines is 1. The molecule has 1 amide bonds. The maximum atomic E-state index is 12.2. The van der Waals surface area contributed by atoms with Crippen LogP contribution in [0.5, 0.6) is 0 Å². The van der Waals surface area contributed by atoms with Crippen LogP contribution in [-0.4, -0.2) is 67.3 Å². The Morgan fingerprint density at radius 2 is 1.81 bits per heavy atom. The van der Waals surface area contributed by atoms with Crippen molar-refractivity contribution < 1.29 is 9.90 Å². The number of likely N-dealkylation sites (tertiary alicyclic amines) is 1. The van der Waals surface area contributed by atoms with Crippen LogP contribution in [0.3, 0.4) is 0 Å². The molecule has 0 radical (unpaired) electrons. The average molecular weight is 443 g/mol. The van der Waals surface area contributed by atoms with Crippen LogP contribution in [-0.2, 0) is 6.54 Å². The van der Waals surface area contributed by atoms with Gasteiger partial charge in [-0.15, -0.1) is 0 Å². The number of hydrogen-bond acceptors (Lipinski definition) is 5. The minimum Gasteiger partial charge on any atom is -0.390 e. The van der Waals surface area contributed by atoms with Gasteiger partial charge in [0.15, 0.2) is 0 Å². The second-order valence-electron chi connectivity index (χ2n) is 8.52. The van der Waals surface area contributed by atoms with E-state index < -0.39 is 6.10 Å². The Morgan fingerprint density at radius 1 is 1.10 bits per heavy atom. The molecular formula is C24H31ClN4O2. The van der Waals surface area contributed by atoms with Gasteiger partial charge in [-0.1, -0.05) is 35.9 Å². The largest absolute Gasteiger partial charge is 0.390 e. The average Bonchev–Trinajstić information content (AvgIpc) is 3.16. The normalized spacial score (nSPS) is 22.6. The number of carbonyl (C=O) groups is 1. The Balaban J connectivity index is 1.30. The standard InChI is InChI=1S/C24H31ClN4O2/c1-26-24(31)20-4-2-3-5-22(20)29-15-21(23(30)16-29)27-19-10-12-28(13-11-19)14-17-6-8-18(25)9-7-17/h2-9,19,21,23,27,30H,10-16H2,1H3,(H,26,31)/t21-,23-/m1/s1. The van der Waals surface area contributed by atoms with Gasteiger partial charge in [-0.05, 0) is 55.8 Å². The molecule has 166 valence electrons. The van der Waals surface area contributed by atoms with Gasteiger partial charge in [0.1, 0.15) is 0 Å². The first-order chi connectivity index (χ1) is 15.0. The van der Waals surface area contributed by atoms with Crippen LogP contribution in [0.25, 0.3) is 0 Å². The Hall–Kier alpha value is -2.12. The fraction of sp³-hybridized carbons (Fsp3) is 0.458. The molecule has 6 nitrogen and oxygen atoms in total. The van der Waals surface area contributed by atoms with E-state index in [0.717, 1.165) is 43.2 Å². The van der Waals surface area contributed by atoms with Gasteiger partial charge in [0, 0.05) is 43.4 Å². The molecule has 2 fully saturated rings. The number of amides is 1. The summed E-state index contributed by atoms with van der Waals surface area (Å²) in [7, 11) is 1.64. The molecule has 0 saturated carbocycles. The highest BCUT2D eigenvalue weighted by molar-refractivity contribution is 6.30. The zero-order valence-corrected chi connectivity index (χ0v) is 18.7. The van der Waals surface area contributed by atoms with Crippen LogP contribution >= 0.6 is 11.6 Å². The van der Waals surface area contributed by atoms with Crippen LogP contribution in [0.15, 0.2) is 48.5 Å². The quantitative estimate of drug-likeness (QED) is 0.641. The Kier molecular flexibility index (Phi) is 7.13. The van der Waals surface area contributed by atoms with E-state index >= 15 is 0 Å². The van der Waals surface area contributed by atoms with Gasteiger partial charge in [0.05, 0.1) is 17.7 Å². The smallest absolute Gasteiger partial charge is 0.253 e. The molecule has 2 aromatic carbocycles. The van der Waals surface area contributed by atoms with Gasteiger partial charge in [-0.3, -0.25) is 9.69 Å². The highest BCUT2D eigenvalue weighted by Gasteiger charge is 2.34. The van der Waals surface area contributed by atoms with E-state index in [-0.39, 0.29) is 11.9 Å². The molecule has 2 saturated heterocycles. The van der Waals surface area contributed by atoms with E-state index in [0.29, 0.717) is 24.7 Å². The van der Waals surface area contributed by atoms with Gasteiger partial charge >= 0.3 is 0 Å². The highest BCUT2D eigenvalue weighted by atomic mass is 35.5. The van der Waals surface area contributed by atoms with E-state index in [1.165, 1.54) is 5.56 Å². The topological polar surface area (TPSA) is 67.8 Å². The number of rotatable bonds is 6. The summed E-state index contributed by atoms with van der Waals surface area (Å²) >= 11 is 5.98. The SMILES string of the molecule is CNC(=O)c1ccccc1N1C[C@@H](O)[C@H](NC2CCN(Cc3ccc(Cl)cc3)CC2)C1. The van der Waals surface area contributed by atoms with Crippen LogP contribution in [0, 0.1) is 0 Å². The molecule has 2 aromatic rings. The molecule has 0 aliphatic carbocycles. The Labute approximate surface area is 189 Å². The van der Waals surface area contributed by atoms with Crippen LogP contribution in [0.4, 0.5) is 5.69 Å². The first kappa shape index (κ1) is 22.1. The molecule has 0 unspecified atom stereocenters. The number of benzene rings is 2. The fourth-order valence-electron chi connectivity index (χ4n) is 4.63. The van der Waals surface area contributed by atoms with Crippen LogP contribution < -0.4 is 15.5 Å². The van der Waals surface area contributed by atoms with E-state index in [2.05, 4.69) is 32.6 Å². The number of β-amino-alcohol motifs (C(OH)–C–C–N with tert-alkyl or cyclic N) is 1. The third-order valence-corrected chi connectivity index (χ3v) is 6.61. The van der Waals surface area contributed by atoms with Crippen molar-refractivity contribution in [3.8, 4) is 0 Å². The van der Waals surface area contributed by atoms with Crippen molar-refractivity contribution in [3.63, 3.8) is 0 Å². The second kappa shape index (κ2) is 10.0. The molecule has 0 spiro atoms. The summed E-state index contributed by atoms with van der Waals surface area (Å²) in [6.45, 7) is 4.24. The number of hydrogen-bond donors (Lipinski definition) is 3. The van der Waals surface area contributed by atoms with E-state index in [4.69, 9.17) is 11.6 Å². The summed E-state index contributed by atoms with van der Waals surface area (Å²) < 4.78 is 0. The third-order valence-electron chi connectivity index (χ3n) is 6.36. The zero-order valence-electron chi connectivity index (χ0n) is 17.9. The monoisotopic (exact) mass is 442 g/mol. The molecule has 4 rings (SSSR count). The highest BCUT2D eigenvalue weighted by Crippen LogP contribution is 2.26. The lowest BCUT2D eigenvalue weighted by Crippen LogP contribution is -2.49. The number of para-hydroxylation sites is 1. The number of halogens is 1. The zero-order chi connectivity index (χ0) is 21.8. The lowest BCUT2D eigenvalue weighted by atomic mass is 10.0. The molecule has 31 heavy (non-hydrogen) atoms. The van der Waals surface area contributed by atoms with Crippen molar-refractivity contribution >= 4 is 23.2 Å². The maximum Gasteiger partial charge on any atom is 0.253 e. The number of carbonyl (C=O) groups excluding carboxylic acids is 1. The summed E-state index contributed by atoms with van der Waals surface area (Å²) in [4.78, 5) is 16.8. The molecule has 0 bridgehead atoms. The van der Waals surface area contributed by atoms with Crippen molar-refractivity contribution in [2.45, 2.75) is 37.6 Å². The molecule has 2 atom stereocenters.